The van der Waals surface area contributed by atoms with Crippen molar-refractivity contribution in [2.75, 3.05) is 18.9 Å². The van der Waals surface area contributed by atoms with Crippen molar-refractivity contribution in [3.8, 4) is 0 Å². The average Bonchev–Trinajstić information content (AvgIpc) is 2.31. The fourth-order valence-electron chi connectivity index (χ4n) is 1.26. The molecule has 0 spiro atoms. The van der Waals surface area contributed by atoms with Crippen molar-refractivity contribution < 1.29 is 14.3 Å². The second-order valence-corrected chi connectivity index (χ2v) is 4.17. The number of hydrogen-bond acceptors (Lipinski definition) is 3. The summed E-state index contributed by atoms with van der Waals surface area (Å²) in [6, 6.07) is 2.60. The Balaban J connectivity index is 2.76. The van der Waals surface area contributed by atoms with E-state index in [0.717, 1.165) is 6.07 Å². The van der Waals surface area contributed by atoms with Crippen molar-refractivity contribution in [1.29, 1.82) is 0 Å². The Bertz CT molecular complexity index is 398. The molecule has 1 amide bonds. The van der Waals surface area contributed by atoms with Gasteiger partial charge in [-0.3, -0.25) is 4.79 Å². The second-order valence-electron chi connectivity index (χ2n) is 4.17. The van der Waals surface area contributed by atoms with Gasteiger partial charge in [-0.1, -0.05) is 6.92 Å². The summed E-state index contributed by atoms with van der Waals surface area (Å²) in [5, 5.41) is 11.4. The van der Waals surface area contributed by atoms with Crippen molar-refractivity contribution in [3.63, 3.8) is 0 Å². The van der Waals surface area contributed by atoms with Gasteiger partial charge < -0.3 is 16.2 Å². The summed E-state index contributed by atoms with van der Waals surface area (Å²) in [7, 11) is 0. The Morgan fingerprint density at radius 3 is 2.76 bits per heavy atom. The van der Waals surface area contributed by atoms with Gasteiger partial charge in [-0.25, -0.2) is 4.39 Å². The summed E-state index contributed by atoms with van der Waals surface area (Å²) in [5.74, 6) is -0.923. The Morgan fingerprint density at radius 1 is 1.59 bits per heavy atom. The lowest BCUT2D eigenvalue weighted by Crippen LogP contribution is -2.29. The van der Waals surface area contributed by atoms with Gasteiger partial charge >= 0.3 is 0 Å². The standard InChI is InChI=1S/C12H17FN2O2/c1-7(6-16)5-15-12(17)9-3-10(13)8(2)11(14)4-9/h3-4,7,16H,5-6,14H2,1-2H3,(H,15,17). The number of amides is 1. The van der Waals surface area contributed by atoms with E-state index in [1.807, 2.05) is 0 Å². The van der Waals surface area contributed by atoms with Crippen molar-refractivity contribution >= 4 is 11.6 Å². The zero-order valence-electron chi connectivity index (χ0n) is 9.96. The molecular formula is C12H17FN2O2. The zero-order valence-corrected chi connectivity index (χ0v) is 9.96. The lowest BCUT2D eigenvalue weighted by Gasteiger charge is -2.11. The molecule has 17 heavy (non-hydrogen) atoms. The quantitative estimate of drug-likeness (QED) is 0.689. The van der Waals surface area contributed by atoms with Crippen LogP contribution >= 0.6 is 0 Å². The van der Waals surface area contributed by atoms with Crippen LogP contribution in [0.15, 0.2) is 12.1 Å². The van der Waals surface area contributed by atoms with Crippen LogP contribution in [0.25, 0.3) is 0 Å². The second kappa shape index (κ2) is 5.63. The molecule has 1 aromatic carbocycles. The highest BCUT2D eigenvalue weighted by Gasteiger charge is 2.11. The molecule has 1 unspecified atom stereocenters. The number of carbonyl (C=O) groups is 1. The summed E-state index contributed by atoms with van der Waals surface area (Å²) >= 11 is 0. The van der Waals surface area contributed by atoms with Gasteiger partial charge in [-0.05, 0) is 25.0 Å². The highest BCUT2D eigenvalue weighted by Crippen LogP contribution is 2.17. The molecule has 1 aromatic rings. The first-order valence-corrected chi connectivity index (χ1v) is 5.40. The summed E-state index contributed by atoms with van der Waals surface area (Å²) in [4.78, 5) is 11.7. The van der Waals surface area contributed by atoms with Crippen LogP contribution < -0.4 is 11.1 Å². The molecule has 0 aromatic heterocycles. The predicted molar refractivity (Wildman–Crippen MR) is 64.1 cm³/mol. The first kappa shape index (κ1) is 13.4. The highest BCUT2D eigenvalue weighted by molar-refractivity contribution is 5.95. The highest BCUT2D eigenvalue weighted by atomic mass is 19.1. The molecule has 0 saturated heterocycles. The molecule has 0 heterocycles. The van der Waals surface area contributed by atoms with Crippen LogP contribution in [0, 0.1) is 18.7 Å². The first-order valence-electron chi connectivity index (χ1n) is 5.40. The van der Waals surface area contributed by atoms with E-state index in [-0.39, 0.29) is 23.8 Å². The van der Waals surface area contributed by atoms with Crippen molar-refractivity contribution in [3.05, 3.63) is 29.1 Å². The predicted octanol–water partition coefficient (Wildman–Crippen LogP) is 1.07. The number of nitrogen functional groups attached to an aromatic ring is 1. The van der Waals surface area contributed by atoms with E-state index in [4.69, 9.17) is 10.8 Å². The first-order chi connectivity index (χ1) is 7.95. The lowest BCUT2D eigenvalue weighted by atomic mass is 10.1. The number of aliphatic hydroxyl groups excluding tert-OH is 1. The number of nitrogens with one attached hydrogen (secondary N) is 1. The van der Waals surface area contributed by atoms with Gasteiger partial charge in [0.2, 0.25) is 0 Å². The van der Waals surface area contributed by atoms with E-state index < -0.39 is 11.7 Å². The third kappa shape index (κ3) is 3.42. The summed E-state index contributed by atoms with van der Waals surface area (Å²) in [5.41, 5.74) is 6.37. The van der Waals surface area contributed by atoms with E-state index in [1.165, 1.54) is 6.07 Å². The maximum absolute atomic E-state index is 13.4. The molecule has 94 valence electrons. The molecule has 0 aliphatic rings. The van der Waals surface area contributed by atoms with Gasteiger partial charge in [0.1, 0.15) is 5.82 Å². The minimum Gasteiger partial charge on any atom is -0.398 e. The Kier molecular flexibility index (Phi) is 4.45. The third-order valence-corrected chi connectivity index (χ3v) is 2.57. The number of nitrogens with two attached hydrogens (primary N) is 1. The van der Waals surface area contributed by atoms with Crippen LogP contribution in [0.5, 0.6) is 0 Å². The van der Waals surface area contributed by atoms with Crippen LogP contribution in [0.3, 0.4) is 0 Å². The molecule has 0 fully saturated rings. The van der Waals surface area contributed by atoms with Crippen molar-refractivity contribution in [2.45, 2.75) is 13.8 Å². The minimum absolute atomic E-state index is 0.00925. The number of carbonyl (C=O) groups excluding carboxylic acids is 1. The topological polar surface area (TPSA) is 75.4 Å². The number of hydrogen-bond donors (Lipinski definition) is 3. The lowest BCUT2D eigenvalue weighted by molar-refractivity contribution is 0.0942. The van der Waals surface area contributed by atoms with E-state index in [2.05, 4.69) is 5.32 Å². The zero-order chi connectivity index (χ0) is 13.0. The summed E-state index contributed by atoms with van der Waals surface area (Å²) in [6.07, 6.45) is 0. The van der Waals surface area contributed by atoms with Gasteiger partial charge in [0.05, 0.1) is 0 Å². The molecule has 0 aliphatic carbocycles. The largest absolute Gasteiger partial charge is 0.398 e. The fourth-order valence-corrected chi connectivity index (χ4v) is 1.26. The SMILES string of the molecule is Cc1c(N)cc(C(=O)NCC(C)CO)cc1F. The third-order valence-electron chi connectivity index (χ3n) is 2.57. The van der Waals surface area contributed by atoms with Crippen molar-refractivity contribution in [2.24, 2.45) is 5.92 Å². The summed E-state index contributed by atoms with van der Waals surface area (Å²) < 4.78 is 13.4. The Hall–Kier alpha value is -1.62. The Labute approximate surface area is 99.6 Å². The minimum atomic E-state index is -0.495. The van der Waals surface area contributed by atoms with Crippen LogP contribution in [-0.4, -0.2) is 24.2 Å². The maximum Gasteiger partial charge on any atom is 0.251 e. The van der Waals surface area contributed by atoms with E-state index >= 15 is 0 Å². The smallest absolute Gasteiger partial charge is 0.251 e. The number of halogens is 1. The fraction of sp³-hybridized carbons (Fsp3) is 0.417. The normalized spacial score (nSPS) is 12.2. The molecule has 0 saturated carbocycles. The number of anilines is 1. The van der Waals surface area contributed by atoms with Gasteiger partial charge in [0.25, 0.3) is 5.91 Å². The van der Waals surface area contributed by atoms with Crippen molar-refractivity contribution in [1.82, 2.24) is 5.32 Å². The molecular weight excluding hydrogens is 223 g/mol. The van der Waals surface area contributed by atoms with E-state index in [1.54, 1.807) is 13.8 Å². The Morgan fingerprint density at radius 2 is 2.24 bits per heavy atom. The molecule has 1 rings (SSSR count). The van der Waals surface area contributed by atoms with E-state index in [9.17, 15) is 9.18 Å². The number of benzene rings is 1. The number of aliphatic hydroxyl groups is 1. The van der Waals surface area contributed by atoms with Gasteiger partial charge in [-0.2, -0.15) is 0 Å². The molecule has 0 bridgehead atoms. The van der Waals surface area contributed by atoms with Crippen LogP contribution in [0.2, 0.25) is 0 Å². The molecule has 0 aliphatic heterocycles. The average molecular weight is 240 g/mol. The number of rotatable bonds is 4. The van der Waals surface area contributed by atoms with Gasteiger partial charge in [0.15, 0.2) is 0 Å². The molecule has 4 N–H and O–H groups in total. The molecule has 1 atom stereocenters. The van der Waals surface area contributed by atoms with Crippen LogP contribution in [0.1, 0.15) is 22.8 Å². The van der Waals surface area contributed by atoms with Crippen LogP contribution in [0.4, 0.5) is 10.1 Å². The molecule has 0 radical (unpaired) electrons. The van der Waals surface area contributed by atoms with Crippen LogP contribution in [-0.2, 0) is 0 Å². The van der Waals surface area contributed by atoms with E-state index in [0.29, 0.717) is 12.1 Å². The maximum atomic E-state index is 13.4. The summed E-state index contributed by atoms with van der Waals surface area (Å²) in [6.45, 7) is 3.68. The molecule has 4 nitrogen and oxygen atoms in total. The van der Waals surface area contributed by atoms with Gasteiger partial charge in [-0.15, -0.1) is 0 Å². The molecule has 5 heteroatoms. The van der Waals surface area contributed by atoms with Gasteiger partial charge in [0, 0.05) is 30.0 Å². The monoisotopic (exact) mass is 240 g/mol.